The van der Waals surface area contributed by atoms with E-state index in [4.69, 9.17) is 23.7 Å². The molecule has 1 unspecified atom stereocenters. The van der Waals surface area contributed by atoms with Gasteiger partial charge in [0.1, 0.15) is 12.7 Å². The van der Waals surface area contributed by atoms with Crippen molar-refractivity contribution < 1.29 is 48.0 Å². The summed E-state index contributed by atoms with van der Waals surface area (Å²) >= 11 is 0. The van der Waals surface area contributed by atoms with Crippen LogP contribution in [0.2, 0.25) is 0 Å². The lowest BCUT2D eigenvalue weighted by molar-refractivity contribution is -0.296. The lowest BCUT2D eigenvalue weighted by atomic mass is 9.98. The topological polar surface area (TPSA) is 135 Å². The quantitative estimate of drug-likeness (QED) is 0.490. The summed E-state index contributed by atoms with van der Waals surface area (Å²) in [4.78, 5) is 44.9. The summed E-state index contributed by atoms with van der Waals surface area (Å²) in [7, 11) is 0. The largest absolute Gasteiger partial charge is 0.463 e. The van der Waals surface area contributed by atoms with E-state index in [0.29, 0.717) is 0 Å². The highest BCUT2D eigenvalue weighted by molar-refractivity contribution is 5.68. The first kappa shape index (κ1) is 19.8. The summed E-state index contributed by atoms with van der Waals surface area (Å²) in [5.41, 5.74) is 0. The molecule has 0 aromatic carbocycles. The lowest BCUT2D eigenvalue weighted by Crippen LogP contribution is -2.62. The van der Waals surface area contributed by atoms with Crippen molar-refractivity contribution in [2.45, 2.75) is 58.4 Å². The van der Waals surface area contributed by atoms with Crippen molar-refractivity contribution in [1.29, 1.82) is 0 Å². The minimum Gasteiger partial charge on any atom is -0.463 e. The minimum atomic E-state index is -1.68. The summed E-state index contributed by atoms with van der Waals surface area (Å²) in [6, 6.07) is 0. The molecule has 0 radical (unpaired) electrons. The van der Waals surface area contributed by atoms with Crippen molar-refractivity contribution >= 4 is 23.9 Å². The molecule has 0 amide bonds. The summed E-state index contributed by atoms with van der Waals surface area (Å²) < 4.78 is 25.0. The first-order valence-corrected chi connectivity index (χ1v) is 7.10. The van der Waals surface area contributed by atoms with Gasteiger partial charge in [0.05, 0.1) is 0 Å². The third kappa shape index (κ3) is 5.78. The second-order valence-corrected chi connectivity index (χ2v) is 5.09. The molecule has 0 aromatic heterocycles. The van der Waals surface area contributed by atoms with Gasteiger partial charge < -0.3 is 28.8 Å². The molecule has 10 heteroatoms. The number of carbonyl (C=O) groups excluding carboxylic acids is 4. The lowest BCUT2D eigenvalue weighted by Gasteiger charge is -2.42. The van der Waals surface area contributed by atoms with Crippen LogP contribution in [0.15, 0.2) is 0 Å². The Hall–Kier alpha value is -2.20. The predicted molar refractivity (Wildman–Crippen MR) is 74.2 cm³/mol. The van der Waals surface area contributed by atoms with Crippen molar-refractivity contribution in [1.82, 2.24) is 0 Å². The highest BCUT2D eigenvalue weighted by atomic mass is 16.7. The molecule has 1 N–H and O–H groups in total. The second-order valence-electron chi connectivity index (χ2n) is 5.09. The van der Waals surface area contributed by atoms with Crippen LogP contribution in [0, 0.1) is 0 Å². The molecular formula is C14H20O10. The van der Waals surface area contributed by atoms with E-state index in [1.165, 1.54) is 0 Å². The van der Waals surface area contributed by atoms with Gasteiger partial charge in [0.2, 0.25) is 0 Å². The maximum atomic E-state index is 11.3. The average molecular weight is 348 g/mol. The number of ether oxygens (including phenoxy) is 5. The van der Waals surface area contributed by atoms with Crippen LogP contribution in [-0.4, -0.2) is 66.3 Å². The maximum absolute atomic E-state index is 11.3. The van der Waals surface area contributed by atoms with Gasteiger partial charge in [-0.05, 0) is 0 Å². The fourth-order valence-corrected chi connectivity index (χ4v) is 2.21. The van der Waals surface area contributed by atoms with Gasteiger partial charge in [0.15, 0.2) is 24.6 Å². The Labute approximate surface area is 137 Å². The number of hydrogen-bond donors (Lipinski definition) is 1. The van der Waals surface area contributed by atoms with Crippen molar-refractivity contribution in [3.63, 3.8) is 0 Å². The Balaban J connectivity index is 3.11. The van der Waals surface area contributed by atoms with E-state index < -0.39 is 54.6 Å². The summed E-state index contributed by atoms with van der Waals surface area (Å²) in [6.45, 7) is 4.09. The van der Waals surface area contributed by atoms with Crippen molar-refractivity contribution in [3.05, 3.63) is 0 Å². The zero-order valence-electron chi connectivity index (χ0n) is 13.7. The molecule has 1 rings (SSSR count). The Morgan fingerprint density at radius 3 is 1.71 bits per heavy atom. The molecule has 1 fully saturated rings. The smallest absolute Gasteiger partial charge is 0.303 e. The van der Waals surface area contributed by atoms with Crippen LogP contribution < -0.4 is 0 Å². The Morgan fingerprint density at radius 2 is 1.25 bits per heavy atom. The van der Waals surface area contributed by atoms with Gasteiger partial charge in [-0.15, -0.1) is 0 Å². The highest BCUT2D eigenvalue weighted by Gasteiger charge is 2.51. The molecule has 5 atom stereocenters. The zero-order valence-corrected chi connectivity index (χ0v) is 13.7. The van der Waals surface area contributed by atoms with E-state index >= 15 is 0 Å². The SMILES string of the molecule is CC(=O)OC[C@H]1OC(O)[C@@H](OC(C)=O)[C@H](OC(C)=O)[C@@H]1OC(C)=O. The number of hydrogen-bond acceptors (Lipinski definition) is 10. The second kappa shape index (κ2) is 8.60. The van der Waals surface area contributed by atoms with Crippen LogP contribution >= 0.6 is 0 Å². The molecule has 0 bridgehead atoms. The van der Waals surface area contributed by atoms with Gasteiger partial charge in [0.25, 0.3) is 0 Å². The van der Waals surface area contributed by atoms with Crippen LogP contribution in [0.1, 0.15) is 27.7 Å². The average Bonchev–Trinajstić information content (AvgIpc) is 2.42. The molecule has 0 saturated carbocycles. The minimum absolute atomic E-state index is 0.366. The van der Waals surface area contributed by atoms with Crippen LogP contribution in [0.25, 0.3) is 0 Å². The van der Waals surface area contributed by atoms with Gasteiger partial charge in [0, 0.05) is 27.7 Å². The summed E-state index contributed by atoms with van der Waals surface area (Å²) in [5.74, 6) is -2.87. The molecule has 1 heterocycles. The molecule has 1 saturated heterocycles. The molecule has 1 aliphatic rings. The van der Waals surface area contributed by atoms with Crippen LogP contribution in [0.4, 0.5) is 0 Å². The maximum Gasteiger partial charge on any atom is 0.303 e. The van der Waals surface area contributed by atoms with E-state index in [-0.39, 0.29) is 6.61 Å². The number of carbonyl (C=O) groups is 4. The predicted octanol–water partition coefficient (Wildman–Crippen LogP) is -0.938. The van der Waals surface area contributed by atoms with E-state index in [1.54, 1.807) is 0 Å². The van der Waals surface area contributed by atoms with Crippen molar-refractivity contribution in [2.24, 2.45) is 0 Å². The van der Waals surface area contributed by atoms with Gasteiger partial charge in [-0.2, -0.15) is 0 Å². The summed E-state index contributed by atoms with van der Waals surface area (Å²) in [6.07, 6.45) is -6.79. The molecule has 0 aromatic rings. The monoisotopic (exact) mass is 348 g/mol. The van der Waals surface area contributed by atoms with E-state index in [9.17, 15) is 24.3 Å². The molecule has 24 heavy (non-hydrogen) atoms. The standard InChI is InChI=1S/C14H20O10/c1-6(15)20-5-10-11(21-7(2)16)12(22-8(3)17)13(14(19)24-10)23-9(4)18/h10-14,19H,5H2,1-4H3/t10-,11-,12-,13+,14?/m1/s1. The summed E-state index contributed by atoms with van der Waals surface area (Å²) in [5, 5.41) is 10.0. The zero-order chi connectivity index (χ0) is 18.4. The van der Waals surface area contributed by atoms with Crippen LogP contribution in [0.5, 0.6) is 0 Å². The first-order chi connectivity index (χ1) is 11.1. The van der Waals surface area contributed by atoms with Crippen LogP contribution in [-0.2, 0) is 42.9 Å². The Bertz CT molecular complexity index is 502. The van der Waals surface area contributed by atoms with E-state index in [2.05, 4.69) is 0 Å². The third-order valence-corrected chi connectivity index (χ3v) is 2.97. The number of esters is 4. The molecule has 0 spiro atoms. The Morgan fingerprint density at radius 1 is 0.792 bits per heavy atom. The van der Waals surface area contributed by atoms with E-state index in [1.807, 2.05) is 0 Å². The third-order valence-electron chi connectivity index (χ3n) is 2.97. The molecule has 10 nitrogen and oxygen atoms in total. The molecule has 136 valence electrons. The van der Waals surface area contributed by atoms with Gasteiger partial charge in [-0.25, -0.2) is 0 Å². The molecule has 1 aliphatic heterocycles. The van der Waals surface area contributed by atoms with Gasteiger partial charge in [-0.1, -0.05) is 0 Å². The van der Waals surface area contributed by atoms with Gasteiger partial charge in [-0.3, -0.25) is 19.2 Å². The van der Waals surface area contributed by atoms with Crippen molar-refractivity contribution in [2.75, 3.05) is 6.61 Å². The number of aliphatic hydroxyl groups is 1. The van der Waals surface area contributed by atoms with E-state index in [0.717, 1.165) is 27.7 Å². The van der Waals surface area contributed by atoms with Gasteiger partial charge >= 0.3 is 23.9 Å². The highest BCUT2D eigenvalue weighted by Crippen LogP contribution is 2.28. The fraction of sp³-hybridized carbons (Fsp3) is 0.714. The van der Waals surface area contributed by atoms with Crippen LogP contribution in [0.3, 0.4) is 0 Å². The number of rotatable bonds is 5. The molecule has 0 aliphatic carbocycles. The Kier molecular flexibility index (Phi) is 7.11. The molecular weight excluding hydrogens is 328 g/mol. The van der Waals surface area contributed by atoms with Crippen molar-refractivity contribution in [3.8, 4) is 0 Å². The number of aliphatic hydroxyl groups excluding tert-OH is 1. The fourth-order valence-electron chi connectivity index (χ4n) is 2.21. The first-order valence-electron chi connectivity index (χ1n) is 7.10. The normalized spacial score (nSPS) is 29.3.